The molecule has 0 amide bonds. The van der Waals surface area contributed by atoms with Crippen molar-refractivity contribution in [2.24, 2.45) is 0 Å². The molecule has 0 aliphatic rings. The first-order valence-corrected chi connectivity index (χ1v) is 7.95. The number of halogens is 1. The van der Waals surface area contributed by atoms with Crippen molar-refractivity contribution in [1.29, 1.82) is 0 Å². The third-order valence-corrected chi connectivity index (χ3v) is 3.92. The standard InChI is InChI=1S/C16H21BrN4/c1-5-18-14-9-15(21-16(20-14)10(2)3)19-12-7-6-11(4)13(17)8-12/h6-10H,5H2,1-4H3,(H2,18,19,20,21). The van der Waals surface area contributed by atoms with Gasteiger partial charge in [0, 0.05) is 28.7 Å². The van der Waals surface area contributed by atoms with Crippen molar-refractivity contribution in [3.8, 4) is 0 Å². The summed E-state index contributed by atoms with van der Waals surface area (Å²) in [6, 6.07) is 8.11. The molecule has 2 N–H and O–H groups in total. The second kappa shape index (κ2) is 6.89. The number of aromatic nitrogens is 2. The van der Waals surface area contributed by atoms with Gasteiger partial charge in [0.05, 0.1) is 0 Å². The monoisotopic (exact) mass is 348 g/mol. The second-order valence-corrected chi connectivity index (χ2v) is 6.12. The summed E-state index contributed by atoms with van der Waals surface area (Å²) in [6.45, 7) is 9.15. The van der Waals surface area contributed by atoms with Crippen molar-refractivity contribution < 1.29 is 0 Å². The van der Waals surface area contributed by atoms with Crippen LogP contribution in [0.25, 0.3) is 0 Å². The summed E-state index contributed by atoms with van der Waals surface area (Å²) < 4.78 is 1.08. The van der Waals surface area contributed by atoms with E-state index in [2.05, 4.69) is 76.4 Å². The number of hydrogen-bond acceptors (Lipinski definition) is 4. The van der Waals surface area contributed by atoms with Crippen LogP contribution in [0.1, 0.15) is 38.1 Å². The molecule has 2 aromatic rings. The SMILES string of the molecule is CCNc1cc(Nc2ccc(C)c(Br)c2)nc(C(C)C)n1. The van der Waals surface area contributed by atoms with Crippen LogP contribution in [-0.4, -0.2) is 16.5 Å². The highest BCUT2D eigenvalue weighted by Gasteiger charge is 2.08. The minimum atomic E-state index is 0.286. The van der Waals surface area contributed by atoms with E-state index < -0.39 is 0 Å². The van der Waals surface area contributed by atoms with Gasteiger partial charge in [0.25, 0.3) is 0 Å². The lowest BCUT2D eigenvalue weighted by molar-refractivity contribution is 0.777. The summed E-state index contributed by atoms with van der Waals surface area (Å²) >= 11 is 3.55. The Balaban J connectivity index is 2.31. The Morgan fingerprint density at radius 2 is 1.86 bits per heavy atom. The van der Waals surface area contributed by atoms with Gasteiger partial charge in [-0.1, -0.05) is 35.8 Å². The molecule has 0 fully saturated rings. The first-order chi connectivity index (χ1) is 9.99. The van der Waals surface area contributed by atoms with Crippen molar-refractivity contribution in [3.05, 3.63) is 40.1 Å². The molecule has 1 heterocycles. The lowest BCUT2D eigenvalue weighted by Gasteiger charge is -2.13. The number of anilines is 3. The first kappa shape index (κ1) is 15.8. The maximum Gasteiger partial charge on any atom is 0.136 e. The Bertz CT molecular complexity index is 626. The van der Waals surface area contributed by atoms with E-state index in [1.54, 1.807) is 0 Å². The van der Waals surface area contributed by atoms with Crippen LogP contribution in [0.4, 0.5) is 17.3 Å². The minimum absolute atomic E-state index is 0.286. The van der Waals surface area contributed by atoms with Crippen molar-refractivity contribution in [2.45, 2.75) is 33.6 Å². The summed E-state index contributed by atoms with van der Waals surface area (Å²) in [5.41, 5.74) is 2.21. The average molecular weight is 349 g/mol. The van der Waals surface area contributed by atoms with Gasteiger partial charge in [0.1, 0.15) is 17.5 Å². The van der Waals surface area contributed by atoms with Crippen LogP contribution in [0.15, 0.2) is 28.7 Å². The zero-order valence-electron chi connectivity index (χ0n) is 12.9. The molecule has 0 saturated heterocycles. The Hall–Kier alpha value is -1.62. The van der Waals surface area contributed by atoms with Gasteiger partial charge in [0.15, 0.2) is 0 Å². The van der Waals surface area contributed by atoms with E-state index in [1.807, 2.05) is 12.1 Å². The van der Waals surface area contributed by atoms with Gasteiger partial charge < -0.3 is 10.6 Å². The van der Waals surface area contributed by atoms with Crippen LogP contribution in [0.2, 0.25) is 0 Å². The van der Waals surface area contributed by atoms with E-state index in [1.165, 1.54) is 5.56 Å². The summed E-state index contributed by atoms with van der Waals surface area (Å²) in [4.78, 5) is 9.11. The molecule has 1 aromatic carbocycles. The molecule has 4 nitrogen and oxygen atoms in total. The zero-order valence-corrected chi connectivity index (χ0v) is 14.5. The molecule has 0 radical (unpaired) electrons. The van der Waals surface area contributed by atoms with Crippen LogP contribution in [-0.2, 0) is 0 Å². The zero-order chi connectivity index (χ0) is 15.4. The molecule has 5 heteroatoms. The molecule has 21 heavy (non-hydrogen) atoms. The molecule has 0 bridgehead atoms. The maximum atomic E-state index is 4.59. The lowest BCUT2D eigenvalue weighted by Crippen LogP contribution is -2.07. The molecule has 0 spiro atoms. The molecule has 0 aliphatic carbocycles. The third-order valence-electron chi connectivity index (χ3n) is 3.06. The Morgan fingerprint density at radius 3 is 2.48 bits per heavy atom. The first-order valence-electron chi connectivity index (χ1n) is 7.15. The van der Waals surface area contributed by atoms with E-state index in [-0.39, 0.29) is 5.92 Å². The smallest absolute Gasteiger partial charge is 0.136 e. The molecular formula is C16H21BrN4. The number of nitrogens with zero attached hydrogens (tertiary/aromatic N) is 2. The molecule has 0 aliphatic heterocycles. The average Bonchev–Trinajstić information content (AvgIpc) is 2.43. The molecule has 0 unspecified atom stereocenters. The number of benzene rings is 1. The largest absolute Gasteiger partial charge is 0.370 e. The maximum absolute atomic E-state index is 4.59. The summed E-state index contributed by atoms with van der Waals surface area (Å²) in [6.07, 6.45) is 0. The Labute approximate surface area is 134 Å². The minimum Gasteiger partial charge on any atom is -0.370 e. The molecule has 112 valence electrons. The highest BCUT2D eigenvalue weighted by Crippen LogP contribution is 2.24. The van der Waals surface area contributed by atoms with E-state index >= 15 is 0 Å². The van der Waals surface area contributed by atoms with Crippen LogP contribution in [0.5, 0.6) is 0 Å². The van der Waals surface area contributed by atoms with Gasteiger partial charge in [-0.25, -0.2) is 9.97 Å². The normalized spacial score (nSPS) is 10.8. The highest BCUT2D eigenvalue weighted by molar-refractivity contribution is 9.10. The number of nitrogens with one attached hydrogen (secondary N) is 2. The molecule has 0 atom stereocenters. The van der Waals surface area contributed by atoms with Gasteiger partial charge in [-0.05, 0) is 31.5 Å². The topological polar surface area (TPSA) is 49.8 Å². The Morgan fingerprint density at radius 1 is 1.14 bits per heavy atom. The lowest BCUT2D eigenvalue weighted by atomic mass is 10.2. The summed E-state index contributed by atoms with van der Waals surface area (Å²) in [5.74, 6) is 2.78. The fraction of sp³-hybridized carbons (Fsp3) is 0.375. The van der Waals surface area contributed by atoms with E-state index in [4.69, 9.17) is 0 Å². The predicted octanol–water partition coefficient (Wildman–Crippen LogP) is 4.85. The summed E-state index contributed by atoms with van der Waals surface area (Å²) in [5, 5.41) is 6.59. The molecule has 0 saturated carbocycles. The predicted molar refractivity (Wildman–Crippen MR) is 92.4 cm³/mol. The van der Waals surface area contributed by atoms with Crippen LogP contribution >= 0.6 is 15.9 Å². The fourth-order valence-electron chi connectivity index (χ4n) is 1.88. The van der Waals surface area contributed by atoms with Gasteiger partial charge in [-0.2, -0.15) is 0 Å². The highest BCUT2D eigenvalue weighted by atomic mass is 79.9. The van der Waals surface area contributed by atoms with Gasteiger partial charge >= 0.3 is 0 Å². The molecular weight excluding hydrogens is 328 g/mol. The molecule has 1 aromatic heterocycles. The van der Waals surface area contributed by atoms with Crippen molar-refractivity contribution in [1.82, 2.24) is 9.97 Å². The van der Waals surface area contributed by atoms with E-state index in [0.29, 0.717) is 0 Å². The molecule has 2 rings (SSSR count). The van der Waals surface area contributed by atoms with Crippen molar-refractivity contribution in [2.75, 3.05) is 17.2 Å². The summed E-state index contributed by atoms with van der Waals surface area (Å²) in [7, 11) is 0. The van der Waals surface area contributed by atoms with E-state index in [0.717, 1.165) is 34.2 Å². The van der Waals surface area contributed by atoms with Crippen molar-refractivity contribution in [3.63, 3.8) is 0 Å². The van der Waals surface area contributed by atoms with Gasteiger partial charge in [-0.15, -0.1) is 0 Å². The Kier molecular flexibility index (Phi) is 5.17. The van der Waals surface area contributed by atoms with E-state index in [9.17, 15) is 0 Å². The van der Waals surface area contributed by atoms with Crippen LogP contribution < -0.4 is 10.6 Å². The van der Waals surface area contributed by atoms with Crippen molar-refractivity contribution >= 4 is 33.3 Å². The fourth-order valence-corrected chi connectivity index (χ4v) is 2.26. The van der Waals surface area contributed by atoms with Gasteiger partial charge in [0.2, 0.25) is 0 Å². The number of hydrogen-bond donors (Lipinski definition) is 2. The second-order valence-electron chi connectivity index (χ2n) is 5.27. The third kappa shape index (κ3) is 4.17. The van der Waals surface area contributed by atoms with Gasteiger partial charge in [-0.3, -0.25) is 0 Å². The number of aryl methyl sites for hydroxylation is 1. The van der Waals surface area contributed by atoms with Crippen LogP contribution in [0.3, 0.4) is 0 Å². The quantitative estimate of drug-likeness (QED) is 0.810. The van der Waals surface area contributed by atoms with Crippen LogP contribution in [0, 0.1) is 6.92 Å². The number of rotatable bonds is 5.